The molecule has 1 aromatic carbocycles. The fraction of sp³-hybridized carbons (Fsp3) is 0.611. The third-order valence-corrected chi connectivity index (χ3v) is 4.60. The van der Waals surface area contributed by atoms with Crippen LogP contribution in [0, 0.1) is 0 Å². The number of morpholine rings is 1. The molecular weight excluding hydrogens is 288 g/mol. The summed E-state index contributed by atoms with van der Waals surface area (Å²) in [6.45, 7) is 7.47. The van der Waals surface area contributed by atoms with Crippen LogP contribution in [0.15, 0.2) is 29.3 Å². The van der Waals surface area contributed by atoms with E-state index in [0.29, 0.717) is 12.5 Å². The number of guanidine groups is 1. The molecule has 1 aromatic rings. The fourth-order valence-electron chi connectivity index (χ4n) is 3.24. The van der Waals surface area contributed by atoms with Gasteiger partial charge in [-0.25, -0.2) is 4.99 Å². The second-order valence-electron chi connectivity index (χ2n) is 6.43. The summed E-state index contributed by atoms with van der Waals surface area (Å²) >= 11 is 0. The van der Waals surface area contributed by atoms with Crippen LogP contribution in [0.5, 0.6) is 0 Å². The maximum atomic E-state index is 6.14. The van der Waals surface area contributed by atoms with Crippen molar-refractivity contribution in [3.8, 4) is 0 Å². The molecule has 2 saturated heterocycles. The van der Waals surface area contributed by atoms with Crippen molar-refractivity contribution < 1.29 is 4.74 Å². The predicted octanol–water partition coefficient (Wildman–Crippen LogP) is 1.82. The van der Waals surface area contributed by atoms with E-state index in [0.717, 1.165) is 45.9 Å². The van der Waals surface area contributed by atoms with E-state index in [1.54, 1.807) is 0 Å². The van der Waals surface area contributed by atoms with Crippen molar-refractivity contribution >= 4 is 5.96 Å². The third kappa shape index (κ3) is 4.94. The Hall–Kier alpha value is -1.59. The van der Waals surface area contributed by atoms with E-state index in [1.165, 1.54) is 30.4 Å². The molecule has 0 atom stereocenters. The number of hydrogen-bond acceptors (Lipinski definition) is 3. The fourth-order valence-corrected chi connectivity index (χ4v) is 3.24. The molecule has 0 amide bonds. The quantitative estimate of drug-likeness (QED) is 0.680. The summed E-state index contributed by atoms with van der Waals surface area (Å²) in [5.41, 5.74) is 8.71. The minimum absolute atomic E-state index is 0.666. The summed E-state index contributed by atoms with van der Waals surface area (Å²) in [7, 11) is 0. The number of likely N-dealkylation sites (tertiary alicyclic amines) is 1. The van der Waals surface area contributed by atoms with Crippen LogP contribution >= 0.6 is 0 Å². The Bertz CT molecular complexity index is 520. The summed E-state index contributed by atoms with van der Waals surface area (Å²) in [6.07, 6.45) is 3.77. The van der Waals surface area contributed by atoms with Crippen LogP contribution in [0.1, 0.15) is 30.4 Å². The van der Waals surface area contributed by atoms with Gasteiger partial charge in [-0.3, -0.25) is 4.90 Å². The number of rotatable bonds is 4. The van der Waals surface area contributed by atoms with Gasteiger partial charge in [0.15, 0.2) is 5.96 Å². The lowest BCUT2D eigenvalue weighted by Gasteiger charge is -2.27. The Morgan fingerprint density at radius 1 is 1.04 bits per heavy atom. The smallest absolute Gasteiger partial charge is 0.191 e. The summed E-state index contributed by atoms with van der Waals surface area (Å²) in [5.74, 6) is 0.697. The number of nitrogens with two attached hydrogens (primary N) is 1. The highest BCUT2D eigenvalue weighted by Crippen LogP contribution is 2.12. The van der Waals surface area contributed by atoms with Crippen LogP contribution in [-0.2, 0) is 17.8 Å². The number of benzene rings is 1. The molecule has 2 heterocycles. The van der Waals surface area contributed by atoms with E-state index in [1.807, 2.05) is 0 Å². The van der Waals surface area contributed by atoms with Gasteiger partial charge in [0.25, 0.3) is 0 Å². The number of piperidine rings is 1. The van der Waals surface area contributed by atoms with Gasteiger partial charge in [-0.15, -0.1) is 0 Å². The molecule has 23 heavy (non-hydrogen) atoms. The molecule has 126 valence electrons. The topological polar surface area (TPSA) is 54.1 Å². The summed E-state index contributed by atoms with van der Waals surface area (Å²) in [4.78, 5) is 9.24. The van der Waals surface area contributed by atoms with Gasteiger partial charge < -0.3 is 15.4 Å². The first kappa shape index (κ1) is 16.3. The molecule has 0 unspecified atom stereocenters. The predicted molar refractivity (Wildman–Crippen MR) is 93.3 cm³/mol. The molecule has 0 bridgehead atoms. The van der Waals surface area contributed by atoms with Crippen LogP contribution in [-0.4, -0.2) is 55.2 Å². The van der Waals surface area contributed by atoms with Crippen LogP contribution in [0.4, 0.5) is 0 Å². The maximum Gasteiger partial charge on any atom is 0.191 e. The van der Waals surface area contributed by atoms with Crippen LogP contribution in [0.2, 0.25) is 0 Å². The van der Waals surface area contributed by atoms with Crippen molar-refractivity contribution in [2.24, 2.45) is 10.7 Å². The summed E-state index contributed by atoms with van der Waals surface area (Å²) < 4.78 is 5.41. The molecule has 0 aromatic heterocycles. The molecular formula is C18H28N4O. The molecule has 2 fully saturated rings. The molecule has 0 aliphatic carbocycles. The van der Waals surface area contributed by atoms with E-state index >= 15 is 0 Å². The Balaban J connectivity index is 1.56. The number of aliphatic imine (C=N–C) groups is 1. The van der Waals surface area contributed by atoms with E-state index in [2.05, 4.69) is 39.1 Å². The summed E-state index contributed by atoms with van der Waals surface area (Å²) in [6, 6.07) is 8.70. The highest BCUT2D eigenvalue weighted by molar-refractivity contribution is 5.78. The molecule has 5 heteroatoms. The van der Waals surface area contributed by atoms with Gasteiger partial charge in [-0.2, -0.15) is 0 Å². The average Bonchev–Trinajstić information content (AvgIpc) is 2.62. The summed E-state index contributed by atoms with van der Waals surface area (Å²) in [5, 5.41) is 0. The second kappa shape index (κ2) is 8.31. The highest BCUT2D eigenvalue weighted by atomic mass is 16.5. The highest BCUT2D eigenvalue weighted by Gasteiger charge is 2.12. The molecule has 0 spiro atoms. The van der Waals surface area contributed by atoms with Crippen LogP contribution < -0.4 is 5.73 Å². The minimum atomic E-state index is 0.666. The Labute approximate surface area is 139 Å². The lowest BCUT2D eigenvalue weighted by molar-refractivity contribution is 0.0342. The number of ether oxygens (including phenoxy) is 1. The zero-order chi connectivity index (χ0) is 15.9. The lowest BCUT2D eigenvalue weighted by Crippen LogP contribution is -2.40. The SMILES string of the molecule is NC(=NCc1cccc(CN2CCOCC2)c1)N1CCCCC1. The minimum Gasteiger partial charge on any atom is -0.379 e. The van der Waals surface area contributed by atoms with Gasteiger partial charge >= 0.3 is 0 Å². The third-order valence-electron chi connectivity index (χ3n) is 4.60. The van der Waals surface area contributed by atoms with Crippen LogP contribution in [0.3, 0.4) is 0 Å². The molecule has 0 radical (unpaired) electrons. The van der Waals surface area contributed by atoms with Gasteiger partial charge in [0.05, 0.1) is 19.8 Å². The van der Waals surface area contributed by atoms with Crippen molar-refractivity contribution in [1.29, 1.82) is 0 Å². The zero-order valence-electron chi connectivity index (χ0n) is 13.9. The van der Waals surface area contributed by atoms with Crippen molar-refractivity contribution in [2.45, 2.75) is 32.4 Å². The Morgan fingerprint density at radius 2 is 1.78 bits per heavy atom. The average molecular weight is 316 g/mol. The van der Waals surface area contributed by atoms with E-state index in [-0.39, 0.29) is 0 Å². The van der Waals surface area contributed by atoms with E-state index < -0.39 is 0 Å². The molecule has 2 N–H and O–H groups in total. The van der Waals surface area contributed by atoms with Crippen molar-refractivity contribution in [1.82, 2.24) is 9.80 Å². The largest absolute Gasteiger partial charge is 0.379 e. The van der Waals surface area contributed by atoms with Gasteiger partial charge in [0.2, 0.25) is 0 Å². The monoisotopic (exact) mass is 316 g/mol. The van der Waals surface area contributed by atoms with E-state index in [4.69, 9.17) is 10.5 Å². The molecule has 0 saturated carbocycles. The van der Waals surface area contributed by atoms with Gasteiger partial charge in [-0.05, 0) is 30.4 Å². The van der Waals surface area contributed by atoms with Gasteiger partial charge in [-0.1, -0.05) is 24.3 Å². The standard InChI is InChI=1S/C18H28N4O/c19-18(22-7-2-1-3-8-22)20-14-16-5-4-6-17(13-16)15-21-9-11-23-12-10-21/h4-6,13H,1-3,7-12,14-15H2,(H2,19,20). The van der Waals surface area contributed by atoms with Crippen molar-refractivity contribution in [2.75, 3.05) is 39.4 Å². The van der Waals surface area contributed by atoms with Gasteiger partial charge in [0, 0.05) is 32.7 Å². The van der Waals surface area contributed by atoms with E-state index in [9.17, 15) is 0 Å². The molecule has 5 nitrogen and oxygen atoms in total. The lowest BCUT2D eigenvalue weighted by atomic mass is 10.1. The normalized spacial score (nSPS) is 20.7. The number of nitrogens with zero attached hydrogens (tertiary/aromatic N) is 3. The first-order valence-electron chi connectivity index (χ1n) is 8.74. The first-order chi connectivity index (χ1) is 11.3. The second-order valence-corrected chi connectivity index (χ2v) is 6.43. The molecule has 3 rings (SSSR count). The zero-order valence-corrected chi connectivity index (χ0v) is 13.9. The van der Waals surface area contributed by atoms with Gasteiger partial charge in [0.1, 0.15) is 0 Å². The maximum absolute atomic E-state index is 6.14. The molecule has 2 aliphatic heterocycles. The Kier molecular flexibility index (Phi) is 5.88. The molecule has 2 aliphatic rings. The number of hydrogen-bond donors (Lipinski definition) is 1. The first-order valence-corrected chi connectivity index (χ1v) is 8.74. The van der Waals surface area contributed by atoms with Crippen molar-refractivity contribution in [3.63, 3.8) is 0 Å². The van der Waals surface area contributed by atoms with Crippen molar-refractivity contribution in [3.05, 3.63) is 35.4 Å². The van der Waals surface area contributed by atoms with Crippen LogP contribution in [0.25, 0.3) is 0 Å². The Morgan fingerprint density at radius 3 is 2.57 bits per heavy atom.